The summed E-state index contributed by atoms with van der Waals surface area (Å²) in [6.45, 7) is 6.87. The zero-order valence-corrected chi connectivity index (χ0v) is 18.3. The number of nitrogens with zero attached hydrogens (tertiary/aromatic N) is 2. The fraction of sp³-hybridized carbons (Fsp3) is 0.667. The second-order valence-corrected chi connectivity index (χ2v) is 9.76. The van der Waals surface area contributed by atoms with Gasteiger partial charge in [0.2, 0.25) is 15.9 Å². The van der Waals surface area contributed by atoms with Crippen molar-refractivity contribution in [1.82, 2.24) is 4.31 Å². The van der Waals surface area contributed by atoms with Gasteiger partial charge in [0.25, 0.3) is 0 Å². The van der Waals surface area contributed by atoms with E-state index in [9.17, 15) is 13.2 Å². The third-order valence-corrected chi connectivity index (χ3v) is 7.61. The van der Waals surface area contributed by atoms with Gasteiger partial charge in [-0.15, -0.1) is 0 Å². The van der Waals surface area contributed by atoms with Crippen LogP contribution in [0.1, 0.15) is 46.0 Å². The number of carbonyl (C=O) groups is 1. The maximum atomic E-state index is 12.9. The third kappa shape index (κ3) is 5.71. The minimum atomic E-state index is -3.59. The Hall–Kier alpha value is -1.64. The van der Waals surface area contributed by atoms with Crippen LogP contribution in [0.3, 0.4) is 0 Å². The lowest BCUT2D eigenvalue weighted by Gasteiger charge is -2.31. The van der Waals surface area contributed by atoms with E-state index in [2.05, 4.69) is 10.2 Å². The Morgan fingerprint density at radius 2 is 1.86 bits per heavy atom. The summed E-state index contributed by atoms with van der Waals surface area (Å²) < 4.78 is 32.8. The van der Waals surface area contributed by atoms with Crippen LogP contribution < -0.4 is 10.2 Å². The minimum Gasteiger partial charge on any atom is -0.371 e. The van der Waals surface area contributed by atoms with Crippen LogP contribution in [0.25, 0.3) is 0 Å². The monoisotopic (exact) mass is 423 g/mol. The number of anilines is 2. The van der Waals surface area contributed by atoms with Gasteiger partial charge in [-0.2, -0.15) is 4.31 Å². The summed E-state index contributed by atoms with van der Waals surface area (Å²) in [5, 5.41) is 2.90. The van der Waals surface area contributed by atoms with E-state index in [0.29, 0.717) is 31.3 Å². The van der Waals surface area contributed by atoms with E-state index in [4.69, 9.17) is 4.74 Å². The second-order valence-electron chi connectivity index (χ2n) is 7.82. The van der Waals surface area contributed by atoms with Crippen molar-refractivity contribution in [3.8, 4) is 0 Å². The highest BCUT2D eigenvalue weighted by Crippen LogP contribution is 2.32. The number of carbonyl (C=O) groups excluding carboxylic acids is 1. The predicted molar refractivity (Wildman–Crippen MR) is 115 cm³/mol. The molecular weight excluding hydrogens is 390 g/mol. The van der Waals surface area contributed by atoms with Crippen molar-refractivity contribution in [2.24, 2.45) is 5.92 Å². The molecule has 1 N–H and O–H groups in total. The fourth-order valence-corrected chi connectivity index (χ4v) is 5.17. The smallest absolute Gasteiger partial charge is 0.250 e. The molecule has 162 valence electrons. The third-order valence-electron chi connectivity index (χ3n) is 5.57. The van der Waals surface area contributed by atoms with Gasteiger partial charge in [-0.25, -0.2) is 8.42 Å². The van der Waals surface area contributed by atoms with Crippen LogP contribution in [0.15, 0.2) is 23.1 Å². The predicted octanol–water partition coefficient (Wildman–Crippen LogP) is 3.07. The lowest BCUT2D eigenvalue weighted by Crippen LogP contribution is -2.32. The Morgan fingerprint density at radius 1 is 1.17 bits per heavy atom. The second kappa shape index (κ2) is 9.91. The molecule has 0 unspecified atom stereocenters. The van der Waals surface area contributed by atoms with Gasteiger partial charge < -0.3 is 15.0 Å². The van der Waals surface area contributed by atoms with Crippen LogP contribution >= 0.6 is 0 Å². The summed E-state index contributed by atoms with van der Waals surface area (Å²) in [6.07, 6.45) is 5.73. The first-order chi connectivity index (χ1) is 14.0. The van der Waals surface area contributed by atoms with Crippen LogP contribution in [-0.4, -0.2) is 58.0 Å². The van der Waals surface area contributed by atoms with Crippen molar-refractivity contribution in [2.45, 2.75) is 50.8 Å². The molecule has 1 aliphatic heterocycles. The first-order valence-electron chi connectivity index (χ1n) is 10.7. The molecule has 2 fully saturated rings. The highest BCUT2D eigenvalue weighted by atomic mass is 32.2. The maximum Gasteiger partial charge on any atom is 0.250 e. The summed E-state index contributed by atoms with van der Waals surface area (Å²) >= 11 is 0. The lowest BCUT2D eigenvalue weighted by molar-refractivity contribution is -0.120. The largest absolute Gasteiger partial charge is 0.371 e. The lowest BCUT2D eigenvalue weighted by atomic mass is 10.1. The molecule has 0 bridgehead atoms. The molecular formula is C21H33N3O4S. The highest BCUT2D eigenvalue weighted by Gasteiger charge is 2.25. The maximum absolute atomic E-state index is 12.9. The summed E-state index contributed by atoms with van der Waals surface area (Å²) in [5.41, 5.74) is 1.42. The highest BCUT2D eigenvalue weighted by molar-refractivity contribution is 7.89. The van der Waals surface area contributed by atoms with E-state index in [-0.39, 0.29) is 17.4 Å². The number of sulfonamides is 1. The van der Waals surface area contributed by atoms with E-state index in [1.807, 2.05) is 19.9 Å². The standard InChI is InChI=1S/C21H33N3O4S/c1-3-24(4-2)29(26,27)18-10-11-20(23-12-6-5-7-13-23)19(14-18)22-21(25)16-28-15-17-8-9-17/h10-11,14,17H,3-9,12-13,15-16H2,1-2H3,(H,22,25). The average molecular weight is 424 g/mol. The number of ether oxygens (including phenoxy) is 1. The molecule has 1 saturated carbocycles. The number of benzene rings is 1. The van der Waals surface area contributed by atoms with Crippen molar-refractivity contribution in [1.29, 1.82) is 0 Å². The van der Waals surface area contributed by atoms with E-state index < -0.39 is 10.0 Å². The molecule has 2 aliphatic rings. The van der Waals surface area contributed by atoms with Crippen LogP contribution in [-0.2, 0) is 19.6 Å². The van der Waals surface area contributed by atoms with Crippen molar-refractivity contribution < 1.29 is 17.9 Å². The molecule has 1 saturated heterocycles. The zero-order valence-electron chi connectivity index (χ0n) is 17.5. The Bertz CT molecular complexity index is 798. The quantitative estimate of drug-likeness (QED) is 0.626. The summed E-state index contributed by atoms with van der Waals surface area (Å²) in [7, 11) is -3.59. The van der Waals surface area contributed by atoms with Crippen LogP contribution in [0.2, 0.25) is 0 Å². The molecule has 3 rings (SSSR count). The average Bonchev–Trinajstić information content (AvgIpc) is 3.54. The Balaban J connectivity index is 1.82. The number of amides is 1. The summed E-state index contributed by atoms with van der Waals surface area (Å²) in [4.78, 5) is 14.9. The first kappa shape index (κ1) is 22.1. The van der Waals surface area contributed by atoms with Crippen LogP contribution in [0.5, 0.6) is 0 Å². The number of rotatable bonds is 10. The van der Waals surface area contributed by atoms with Gasteiger partial charge in [-0.1, -0.05) is 13.8 Å². The van der Waals surface area contributed by atoms with E-state index in [1.54, 1.807) is 12.1 Å². The molecule has 1 aromatic rings. The topological polar surface area (TPSA) is 79.0 Å². The minimum absolute atomic E-state index is 0.0109. The number of nitrogens with one attached hydrogen (secondary N) is 1. The molecule has 7 nitrogen and oxygen atoms in total. The molecule has 0 spiro atoms. The molecule has 1 heterocycles. The Morgan fingerprint density at radius 3 is 2.48 bits per heavy atom. The van der Waals surface area contributed by atoms with Crippen molar-refractivity contribution in [2.75, 3.05) is 49.6 Å². The molecule has 29 heavy (non-hydrogen) atoms. The van der Waals surface area contributed by atoms with E-state index >= 15 is 0 Å². The number of hydrogen-bond acceptors (Lipinski definition) is 5. The molecule has 0 radical (unpaired) electrons. The number of piperidine rings is 1. The van der Waals surface area contributed by atoms with Gasteiger partial charge >= 0.3 is 0 Å². The van der Waals surface area contributed by atoms with Crippen LogP contribution in [0.4, 0.5) is 11.4 Å². The van der Waals surface area contributed by atoms with Gasteiger partial charge in [0.1, 0.15) is 6.61 Å². The molecule has 1 aromatic carbocycles. The van der Waals surface area contributed by atoms with Crippen molar-refractivity contribution in [3.63, 3.8) is 0 Å². The van der Waals surface area contributed by atoms with Gasteiger partial charge in [0, 0.05) is 26.2 Å². The summed E-state index contributed by atoms with van der Waals surface area (Å²) in [5.74, 6) is 0.343. The normalized spacial score (nSPS) is 17.6. The molecule has 1 aliphatic carbocycles. The molecule has 0 aromatic heterocycles. The van der Waals surface area contributed by atoms with Gasteiger partial charge in [0.15, 0.2) is 0 Å². The first-order valence-corrected chi connectivity index (χ1v) is 12.2. The molecule has 0 atom stereocenters. The summed E-state index contributed by atoms with van der Waals surface area (Å²) in [6, 6.07) is 5.07. The molecule has 1 amide bonds. The van der Waals surface area contributed by atoms with E-state index in [1.165, 1.54) is 23.6 Å². The van der Waals surface area contributed by atoms with Gasteiger partial charge in [-0.3, -0.25) is 4.79 Å². The Labute approximate surface area is 174 Å². The zero-order chi connectivity index (χ0) is 20.9. The van der Waals surface area contributed by atoms with Gasteiger partial charge in [-0.05, 0) is 56.2 Å². The van der Waals surface area contributed by atoms with Crippen molar-refractivity contribution in [3.05, 3.63) is 18.2 Å². The van der Waals surface area contributed by atoms with Gasteiger partial charge in [0.05, 0.1) is 22.9 Å². The fourth-order valence-electron chi connectivity index (χ4n) is 3.69. The van der Waals surface area contributed by atoms with E-state index in [0.717, 1.165) is 31.6 Å². The molecule has 8 heteroatoms. The van der Waals surface area contributed by atoms with Crippen LogP contribution in [0, 0.1) is 5.92 Å². The number of hydrogen-bond donors (Lipinski definition) is 1. The van der Waals surface area contributed by atoms with Crippen molar-refractivity contribution >= 4 is 27.3 Å². The SMILES string of the molecule is CCN(CC)S(=O)(=O)c1ccc(N2CCCCC2)c(NC(=O)COCC2CC2)c1. The Kier molecular flexibility index (Phi) is 7.54.